The maximum absolute atomic E-state index is 13.0. The molecule has 0 saturated carbocycles. The van der Waals surface area contributed by atoms with Gasteiger partial charge in [0.15, 0.2) is 0 Å². The second-order valence-corrected chi connectivity index (χ2v) is 30.1. The van der Waals surface area contributed by atoms with Gasteiger partial charge in [-0.15, -0.1) is 18.2 Å². The summed E-state index contributed by atoms with van der Waals surface area (Å²) in [6.45, 7) is 15.3. The van der Waals surface area contributed by atoms with Crippen LogP contribution in [0, 0.1) is 50.6 Å². The van der Waals surface area contributed by atoms with Crippen LogP contribution in [0.2, 0.25) is 17.3 Å². The van der Waals surface area contributed by atoms with E-state index >= 15 is 0 Å². The molecule has 0 aliphatic carbocycles. The third kappa shape index (κ3) is 9.81. The van der Waals surface area contributed by atoms with Gasteiger partial charge in [0.05, 0.1) is 28.0 Å². The van der Waals surface area contributed by atoms with E-state index in [-0.39, 0.29) is 25.9 Å². The summed E-state index contributed by atoms with van der Waals surface area (Å²) in [5.41, 5.74) is 16.0. The fraction of sp³-hybridized carbons (Fsp3) is 0.241. The van der Waals surface area contributed by atoms with Crippen molar-refractivity contribution in [2.45, 2.75) is 78.6 Å². The molecule has 10 aromatic rings. The van der Waals surface area contributed by atoms with E-state index in [1.54, 1.807) is 6.07 Å². The number of fused-ring (bicyclic) bond motifs is 6. The number of rotatable bonds is 9. The molecule has 6 nitrogen and oxygen atoms in total. The Kier molecular flexibility index (Phi) is 13.8. The summed E-state index contributed by atoms with van der Waals surface area (Å²) in [6, 6.07) is 45.0. The Morgan fingerprint density at radius 3 is 2.10 bits per heavy atom. The summed E-state index contributed by atoms with van der Waals surface area (Å²) >= 11 is -1.93. The van der Waals surface area contributed by atoms with Crippen LogP contribution in [0.3, 0.4) is 0 Å². The number of halogens is 1. The molecule has 0 bridgehead atoms. The third-order valence-electron chi connectivity index (χ3n) is 12.1. The van der Waals surface area contributed by atoms with Crippen LogP contribution in [0.25, 0.3) is 83.5 Å². The van der Waals surface area contributed by atoms with Crippen molar-refractivity contribution in [2.24, 2.45) is 11.8 Å². The SMILES string of the molecule is CC(C)Cc1cc(-c2[c-]cc(F)cc2)nc[c]1[Ge]([CH3])([CH3])[CH3].Cc1ccc2c(ccc3nc(-c4[c-]ccc5c4oc4nc(CC(C)C)ccc45)n(-c4c(C)cc(-c5ccccc5)cc4C)c32)n1.[Ir]. The molecule has 0 fully saturated rings. The second-order valence-electron chi connectivity index (χ2n) is 19.5. The summed E-state index contributed by atoms with van der Waals surface area (Å²) in [7, 11) is 0. The number of aryl methyl sites for hydroxylation is 3. The minimum atomic E-state index is -1.93. The molecule has 1 radical (unpaired) electrons. The van der Waals surface area contributed by atoms with Gasteiger partial charge >= 0.3 is 130 Å². The van der Waals surface area contributed by atoms with E-state index in [1.165, 1.54) is 33.2 Å². The average molecular weight is 1120 g/mol. The van der Waals surface area contributed by atoms with E-state index in [9.17, 15) is 4.39 Å². The Hall–Kier alpha value is -5.80. The van der Waals surface area contributed by atoms with Crippen molar-refractivity contribution in [3.8, 4) is 39.5 Å². The standard InChI is InChI=1S/C40H33N4O.C18H23FGeN.Ir/c1-23(2)20-29-15-17-31-30-12-9-13-33(38(30)45-40(31)42-29)39-43-35-19-18-34-32(16-14-26(5)41-34)37(35)44(39)36-24(3)21-28(22-25(36)4)27-10-7-6-8-11-27;1-13(2)10-15-11-18(14-6-8-16(19)9-7-14)21-12-17(15)20(3,4)5;/h6-12,14-19,21-23H,20H2,1-5H3;6,8-9,11-13H,10H2,1-5H3;/q2*-1;. The van der Waals surface area contributed by atoms with E-state index < -0.39 is 13.3 Å². The van der Waals surface area contributed by atoms with Gasteiger partial charge in [0.1, 0.15) is 0 Å². The molecule has 0 N–H and O–H groups in total. The van der Waals surface area contributed by atoms with Crippen molar-refractivity contribution in [2.75, 3.05) is 0 Å². The van der Waals surface area contributed by atoms with Gasteiger partial charge in [-0.25, -0.2) is 4.98 Å². The van der Waals surface area contributed by atoms with Crippen LogP contribution in [0.15, 0.2) is 126 Å². The number of aromatic nitrogens is 5. The molecule has 0 saturated heterocycles. The van der Waals surface area contributed by atoms with Gasteiger partial charge in [-0.3, -0.25) is 9.97 Å². The van der Waals surface area contributed by atoms with Crippen molar-refractivity contribution in [3.63, 3.8) is 0 Å². The van der Waals surface area contributed by atoms with Crippen molar-refractivity contribution in [1.82, 2.24) is 24.5 Å². The van der Waals surface area contributed by atoms with Crippen LogP contribution in [0.4, 0.5) is 4.39 Å². The number of furan rings is 1. The molecule has 0 aliphatic rings. The molecule has 9 heteroatoms. The Morgan fingerprint density at radius 1 is 0.701 bits per heavy atom. The number of nitrogens with zero attached hydrogens (tertiary/aromatic N) is 5. The van der Waals surface area contributed by atoms with Gasteiger partial charge in [-0.1, -0.05) is 55.1 Å². The zero-order valence-electron chi connectivity index (χ0n) is 40.0. The molecule has 0 spiro atoms. The van der Waals surface area contributed by atoms with Gasteiger partial charge in [-0.2, -0.15) is 0 Å². The molecule has 10 rings (SSSR count). The van der Waals surface area contributed by atoms with Gasteiger partial charge in [0, 0.05) is 48.0 Å². The monoisotopic (exact) mass is 1120 g/mol. The van der Waals surface area contributed by atoms with E-state index in [4.69, 9.17) is 19.4 Å². The normalized spacial score (nSPS) is 11.8. The van der Waals surface area contributed by atoms with Gasteiger partial charge in [0.2, 0.25) is 5.71 Å². The van der Waals surface area contributed by atoms with Crippen LogP contribution >= 0.6 is 0 Å². The van der Waals surface area contributed by atoms with Gasteiger partial charge < -0.3 is 8.98 Å². The van der Waals surface area contributed by atoms with Crippen LogP contribution in [-0.4, -0.2) is 37.8 Å². The molecule has 5 aromatic carbocycles. The third-order valence-corrected chi connectivity index (χ3v) is 16.5. The molecule has 67 heavy (non-hydrogen) atoms. The minimum absolute atomic E-state index is 0. The van der Waals surface area contributed by atoms with Crippen LogP contribution in [-0.2, 0) is 32.9 Å². The topological polar surface area (TPSA) is 69.6 Å². The second kappa shape index (κ2) is 19.4. The van der Waals surface area contributed by atoms with E-state index in [2.05, 4.69) is 171 Å². The number of pyridine rings is 3. The molecule has 0 aliphatic heterocycles. The zero-order valence-corrected chi connectivity index (χ0v) is 44.5. The largest absolute Gasteiger partial charge is 0.486 e. The molecular weight excluding hydrogens is 1070 g/mol. The minimum Gasteiger partial charge on any atom is -0.486 e. The summed E-state index contributed by atoms with van der Waals surface area (Å²) in [4.78, 5) is 19.7. The van der Waals surface area contributed by atoms with E-state index in [1.807, 2.05) is 19.2 Å². The quantitative estimate of drug-likeness (QED) is 0.106. The Balaban J connectivity index is 0.000000234. The smallest absolute Gasteiger partial charge is 0.216 e. The summed E-state index contributed by atoms with van der Waals surface area (Å²) in [5.74, 6) is 8.82. The molecule has 5 aromatic heterocycles. The number of hydrogen-bond donors (Lipinski definition) is 0. The molecule has 5 heterocycles. The first-order chi connectivity index (χ1) is 31.6. The zero-order chi connectivity index (χ0) is 46.4. The molecule has 0 unspecified atom stereocenters. The summed E-state index contributed by atoms with van der Waals surface area (Å²) in [5, 5.41) is 3.07. The number of hydrogen-bond acceptors (Lipinski definition) is 5. The van der Waals surface area contributed by atoms with E-state index in [0.717, 1.165) is 102 Å². The van der Waals surface area contributed by atoms with Gasteiger partial charge in [-0.05, 0) is 104 Å². The summed E-state index contributed by atoms with van der Waals surface area (Å²) < 4.78 is 23.4. The maximum atomic E-state index is 13.0. The molecule has 0 atom stereocenters. The predicted octanol–water partition coefficient (Wildman–Crippen LogP) is 14.6. The number of benzene rings is 5. The van der Waals surface area contributed by atoms with Crippen LogP contribution in [0.5, 0.6) is 0 Å². The van der Waals surface area contributed by atoms with E-state index in [0.29, 0.717) is 17.5 Å². The summed E-state index contributed by atoms with van der Waals surface area (Å²) in [6.07, 6.45) is 4.01. The van der Waals surface area contributed by atoms with Crippen molar-refractivity contribution in [3.05, 3.63) is 167 Å². The molecular formula is C58H56FGeIrN5O-2. The Morgan fingerprint density at radius 2 is 1.42 bits per heavy atom. The molecule has 341 valence electrons. The van der Waals surface area contributed by atoms with Gasteiger partial charge in [0.25, 0.3) is 0 Å². The van der Waals surface area contributed by atoms with Crippen molar-refractivity contribution >= 4 is 61.7 Å². The predicted molar refractivity (Wildman–Crippen MR) is 274 cm³/mol. The Bertz CT molecular complexity index is 3380. The molecule has 0 amide bonds. The van der Waals surface area contributed by atoms with Crippen molar-refractivity contribution < 1.29 is 28.9 Å². The first kappa shape index (κ1) is 47.7. The first-order valence-corrected chi connectivity index (χ1v) is 30.3. The maximum Gasteiger partial charge on any atom is 0.216 e. The Labute approximate surface area is 409 Å². The van der Waals surface area contributed by atoms with Crippen LogP contribution in [0.1, 0.15) is 55.8 Å². The average Bonchev–Trinajstić information content (AvgIpc) is 3.84. The fourth-order valence-electron chi connectivity index (χ4n) is 9.22. The van der Waals surface area contributed by atoms with Crippen molar-refractivity contribution in [1.29, 1.82) is 0 Å². The van der Waals surface area contributed by atoms with Crippen LogP contribution < -0.4 is 4.40 Å². The number of imidazole rings is 1. The first-order valence-electron chi connectivity index (χ1n) is 23.0. The fourth-order valence-corrected chi connectivity index (χ4v) is 12.6.